The summed E-state index contributed by atoms with van der Waals surface area (Å²) in [7, 11) is 0. The molecule has 0 radical (unpaired) electrons. The minimum Gasteiger partial charge on any atom is -0.303 e. The van der Waals surface area contributed by atoms with Crippen LogP contribution in [0.1, 0.15) is 75.6 Å². The zero-order valence-electron chi connectivity index (χ0n) is 17.7. The quantitative estimate of drug-likeness (QED) is 0.422. The fourth-order valence-electron chi connectivity index (χ4n) is 3.86. The third kappa shape index (κ3) is 4.04. The second kappa shape index (κ2) is 8.00. The lowest BCUT2D eigenvalue weighted by atomic mass is 10.2. The minimum atomic E-state index is -0.207. The third-order valence-corrected chi connectivity index (χ3v) is 6.80. The molecular weight excluding hydrogens is 410 g/mol. The summed E-state index contributed by atoms with van der Waals surface area (Å²) in [5, 5.41) is 9.65. The maximum absolute atomic E-state index is 13.0. The third-order valence-electron chi connectivity index (χ3n) is 5.86. The van der Waals surface area contributed by atoms with E-state index in [0.717, 1.165) is 22.4 Å². The molecule has 7 nitrogen and oxygen atoms in total. The number of nitrogens with one attached hydrogen (secondary N) is 1. The predicted molar refractivity (Wildman–Crippen MR) is 119 cm³/mol. The van der Waals surface area contributed by atoms with E-state index in [1.54, 1.807) is 16.8 Å². The van der Waals surface area contributed by atoms with E-state index in [2.05, 4.69) is 20.2 Å². The van der Waals surface area contributed by atoms with Gasteiger partial charge in [0.15, 0.2) is 10.9 Å². The Hall–Kier alpha value is -2.87. The normalized spacial score (nSPS) is 15.8. The number of thioether (sulfide) groups is 1. The molecule has 1 amide bonds. The number of aryl methyl sites for hydroxylation is 1. The van der Waals surface area contributed by atoms with Crippen molar-refractivity contribution in [2.45, 2.75) is 56.6 Å². The lowest BCUT2D eigenvalue weighted by Crippen LogP contribution is -2.25. The number of aromatic nitrogens is 4. The number of hydrogen-bond donors (Lipinski definition) is 1. The SMILES string of the molecule is Cc1cc(C(=O)CSc2nnc(C3CC3)n2C2CC2)c(C)n1NC(=O)c1ccccc1. The Balaban J connectivity index is 1.29. The summed E-state index contributed by atoms with van der Waals surface area (Å²) in [6, 6.07) is 11.4. The molecule has 2 aliphatic rings. The van der Waals surface area contributed by atoms with Crippen molar-refractivity contribution >= 4 is 23.5 Å². The van der Waals surface area contributed by atoms with Gasteiger partial charge in [0.1, 0.15) is 5.82 Å². The Bertz CT molecular complexity index is 1140. The number of rotatable bonds is 8. The van der Waals surface area contributed by atoms with Crippen LogP contribution in [-0.4, -0.2) is 36.9 Å². The molecule has 0 aliphatic heterocycles. The molecule has 31 heavy (non-hydrogen) atoms. The number of nitrogens with zero attached hydrogens (tertiary/aromatic N) is 4. The number of carbonyl (C=O) groups is 2. The highest BCUT2D eigenvalue weighted by Gasteiger charge is 2.36. The summed E-state index contributed by atoms with van der Waals surface area (Å²) in [6.45, 7) is 3.74. The van der Waals surface area contributed by atoms with Gasteiger partial charge < -0.3 is 4.57 Å². The van der Waals surface area contributed by atoms with E-state index >= 15 is 0 Å². The summed E-state index contributed by atoms with van der Waals surface area (Å²) in [5.41, 5.74) is 5.63. The molecule has 0 unspecified atom stereocenters. The van der Waals surface area contributed by atoms with Crippen LogP contribution in [0.2, 0.25) is 0 Å². The molecule has 0 atom stereocenters. The van der Waals surface area contributed by atoms with Crippen molar-refractivity contribution in [2.75, 3.05) is 11.2 Å². The first-order valence-electron chi connectivity index (χ1n) is 10.7. The maximum atomic E-state index is 13.0. The van der Waals surface area contributed by atoms with E-state index in [1.807, 2.05) is 38.1 Å². The fourth-order valence-corrected chi connectivity index (χ4v) is 4.76. The predicted octanol–water partition coefficient (Wildman–Crippen LogP) is 4.27. The first kappa shape index (κ1) is 20.1. The van der Waals surface area contributed by atoms with E-state index in [4.69, 9.17) is 0 Å². The smallest absolute Gasteiger partial charge is 0.270 e. The number of benzene rings is 1. The minimum absolute atomic E-state index is 0.0247. The summed E-state index contributed by atoms with van der Waals surface area (Å²) in [5.74, 6) is 1.76. The summed E-state index contributed by atoms with van der Waals surface area (Å²) in [6.07, 6.45) is 4.72. The molecule has 2 saturated carbocycles. The van der Waals surface area contributed by atoms with Crippen LogP contribution in [0.25, 0.3) is 0 Å². The van der Waals surface area contributed by atoms with E-state index in [9.17, 15) is 9.59 Å². The van der Waals surface area contributed by atoms with E-state index in [-0.39, 0.29) is 11.7 Å². The largest absolute Gasteiger partial charge is 0.303 e. The number of ketones is 1. The first-order chi connectivity index (χ1) is 15.0. The Kier molecular flexibility index (Phi) is 5.17. The van der Waals surface area contributed by atoms with E-state index in [0.29, 0.717) is 28.8 Å². The highest BCUT2D eigenvalue weighted by Crippen LogP contribution is 2.46. The molecule has 1 aromatic carbocycles. The van der Waals surface area contributed by atoms with Crippen LogP contribution < -0.4 is 5.43 Å². The van der Waals surface area contributed by atoms with Gasteiger partial charge in [-0.1, -0.05) is 30.0 Å². The number of Topliss-reactive ketones (excluding diaryl/α,β-unsaturated/α-hetero) is 1. The van der Waals surface area contributed by atoms with Crippen molar-refractivity contribution in [3.05, 3.63) is 64.7 Å². The van der Waals surface area contributed by atoms with Crippen molar-refractivity contribution in [1.29, 1.82) is 0 Å². The van der Waals surface area contributed by atoms with E-state index in [1.165, 1.54) is 37.4 Å². The molecule has 0 bridgehead atoms. The Labute approximate surface area is 185 Å². The lowest BCUT2D eigenvalue weighted by molar-refractivity contribution is 0.0999. The first-order valence-corrected chi connectivity index (χ1v) is 11.7. The van der Waals surface area contributed by atoms with Crippen molar-refractivity contribution in [3.63, 3.8) is 0 Å². The molecule has 0 saturated heterocycles. The lowest BCUT2D eigenvalue weighted by Gasteiger charge is -2.11. The van der Waals surface area contributed by atoms with Gasteiger partial charge in [-0.25, -0.2) is 0 Å². The van der Waals surface area contributed by atoms with Crippen molar-refractivity contribution in [3.8, 4) is 0 Å². The standard InChI is InChI=1S/C23H25N5O2S/c1-14-12-19(15(2)28(14)26-22(30)17-6-4-3-5-7-17)20(29)13-31-23-25-24-21(16-8-9-16)27(23)18-10-11-18/h3-7,12,16,18H,8-11,13H2,1-2H3,(H,26,30). The molecule has 1 N–H and O–H groups in total. The van der Waals surface area contributed by atoms with Gasteiger partial charge in [-0.15, -0.1) is 10.2 Å². The van der Waals surface area contributed by atoms with Gasteiger partial charge in [-0.3, -0.25) is 19.7 Å². The van der Waals surface area contributed by atoms with Gasteiger partial charge >= 0.3 is 0 Å². The van der Waals surface area contributed by atoms with Crippen molar-refractivity contribution in [1.82, 2.24) is 19.4 Å². The average Bonchev–Trinajstić information content (AvgIpc) is 3.72. The maximum Gasteiger partial charge on any atom is 0.270 e. The van der Waals surface area contributed by atoms with Crippen LogP contribution >= 0.6 is 11.8 Å². The molecule has 5 rings (SSSR count). The molecule has 0 spiro atoms. The highest BCUT2D eigenvalue weighted by atomic mass is 32.2. The molecule has 2 heterocycles. The highest BCUT2D eigenvalue weighted by molar-refractivity contribution is 7.99. The monoisotopic (exact) mass is 435 g/mol. The molecule has 2 aliphatic carbocycles. The molecular formula is C23H25N5O2S. The van der Waals surface area contributed by atoms with Crippen LogP contribution in [0.4, 0.5) is 0 Å². The summed E-state index contributed by atoms with van der Waals surface area (Å²) in [4.78, 5) is 25.5. The molecule has 2 aromatic heterocycles. The van der Waals surface area contributed by atoms with Gasteiger partial charge in [0.2, 0.25) is 0 Å². The van der Waals surface area contributed by atoms with Crippen LogP contribution in [-0.2, 0) is 0 Å². The van der Waals surface area contributed by atoms with Gasteiger partial charge in [0.05, 0.1) is 5.75 Å². The number of carbonyl (C=O) groups excluding carboxylic acids is 2. The second-order valence-electron chi connectivity index (χ2n) is 8.36. The molecule has 8 heteroatoms. The molecule has 160 valence electrons. The summed E-state index contributed by atoms with van der Waals surface area (Å²) >= 11 is 1.46. The van der Waals surface area contributed by atoms with Crippen LogP contribution in [0, 0.1) is 13.8 Å². The van der Waals surface area contributed by atoms with Crippen LogP contribution in [0.5, 0.6) is 0 Å². The topological polar surface area (TPSA) is 81.8 Å². The Morgan fingerprint density at radius 3 is 2.52 bits per heavy atom. The van der Waals surface area contributed by atoms with Gasteiger partial charge in [0.25, 0.3) is 5.91 Å². The van der Waals surface area contributed by atoms with Crippen LogP contribution in [0.3, 0.4) is 0 Å². The zero-order valence-corrected chi connectivity index (χ0v) is 18.5. The molecule has 2 fully saturated rings. The van der Waals surface area contributed by atoms with Crippen LogP contribution in [0.15, 0.2) is 41.6 Å². The van der Waals surface area contributed by atoms with Crippen molar-refractivity contribution in [2.24, 2.45) is 0 Å². The second-order valence-corrected chi connectivity index (χ2v) is 9.30. The average molecular weight is 436 g/mol. The van der Waals surface area contributed by atoms with E-state index < -0.39 is 0 Å². The van der Waals surface area contributed by atoms with Gasteiger partial charge in [0, 0.05) is 34.5 Å². The number of amides is 1. The number of hydrogen-bond acceptors (Lipinski definition) is 5. The Morgan fingerprint density at radius 1 is 1.10 bits per heavy atom. The van der Waals surface area contributed by atoms with Crippen molar-refractivity contribution < 1.29 is 9.59 Å². The zero-order chi connectivity index (χ0) is 21.5. The van der Waals surface area contributed by atoms with Gasteiger partial charge in [-0.2, -0.15) is 0 Å². The molecule has 3 aromatic rings. The fraction of sp³-hybridized carbons (Fsp3) is 0.391. The van der Waals surface area contributed by atoms with Gasteiger partial charge in [-0.05, 0) is 57.7 Å². The summed E-state index contributed by atoms with van der Waals surface area (Å²) < 4.78 is 3.95. The Morgan fingerprint density at radius 2 is 1.84 bits per heavy atom.